The number of rotatable bonds is 1. The predicted octanol–water partition coefficient (Wildman–Crippen LogP) is 4.89. The highest BCUT2D eigenvalue weighted by molar-refractivity contribution is 5.61. The maximum absolute atomic E-state index is 10.8. The number of phenolic OH excluding ortho intramolecular Hbond substituents is 5. The second kappa shape index (κ2) is 6.62. The molecule has 0 radical (unpaired) electrons. The monoisotopic (exact) mass is 412 g/mol. The van der Waals surface area contributed by atoms with E-state index in [4.69, 9.17) is 4.74 Å². The fourth-order valence-electron chi connectivity index (χ4n) is 6.50. The van der Waals surface area contributed by atoms with Crippen LogP contribution in [0.15, 0.2) is 24.3 Å². The van der Waals surface area contributed by atoms with Crippen molar-refractivity contribution in [2.24, 2.45) is 5.92 Å². The Labute approximate surface area is 175 Å². The van der Waals surface area contributed by atoms with E-state index in [1.807, 2.05) is 6.07 Å². The van der Waals surface area contributed by atoms with Crippen molar-refractivity contribution in [2.75, 3.05) is 0 Å². The Kier molecular flexibility index (Phi) is 4.24. The lowest BCUT2D eigenvalue weighted by Gasteiger charge is -2.58. The minimum Gasteiger partial charge on any atom is -0.504 e. The molecule has 0 bridgehead atoms. The first kappa shape index (κ1) is 19.2. The molecule has 2 fully saturated rings. The van der Waals surface area contributed by atoms with Crippen molar-refractivity contribution < 1.29 is 30.3 Å². The number of hydrogen-bond donors (Lipinski definition) is 5. The lowest BCUT2D eigenvalue weighted by Crippen LogP contribution is -2.57. The van der Waals surface area contributed by atoms with Crippen LogP contribution in [0.2, 0.25) is 0 Å². The summed E-state index contributed by atoms with van der Waals surface area (Å²) in [5.41, 5.74) is 0.170. The summed E-state index contributed by atoms with van der Waals surface area (Å²) >= 11 is 0. The molecule has 2 aliphatic carbocycles. The third kappa shape index (κ3) is 2.42. The van der Waals surface area contributed by atoms with Gasteiger partial charge in [0.15, 0.2) is 23.0 Å². The molecule has 1 aliphatic heterocycles. The third-order valence-corrected chi connectivity index (χ3v) is 7.78. The summed E-state index contributed by atoms with van der Waals surface area (Å²) in [6, 6.07) is 6.40. The summed E-state index contributed by atoms with van der Waals surface area (Å²) in [7, 11) is 0. The summed E-state index contributed by atoms with van der Waals surface area (Å²) in [5.74, 6) is -1.50. The van der Waals surface area contributed by atoms with Gasteiger partial charge in [0.25, 0.3) is 0 Å². The van der Waals surface area contributed by atoms with Gasteiger partial charge in [0, 0.05) is 22.5 Å². The van der Waals surface area contributed by atoms with Crippen molar-refractivity contribution in [3.05, 3.63) is 35.4 Å². The molecule has 6 nitrogen and oxygen atoms in total. The molecule has 5 N–H and O–H groups in total. The Morgan fingerprint density at radius 2 is 1.30 bits per heavy atom. The van der Waals surface area contributed by atoms with Crippen molar-refractivity contribution >= 4 is 0 Å². The largest absolute Gasteiger partial charge is 0.504 e. The summed E-state index contributed by atoms with van der Waals surface area (Å²) in [6.45, 7) is 0. The molecule has 0 amide bonds. The van der Waals surface area contributed by atoms with E-state index in [9.17, 15) is 25.5 Å². The van der Waals surface area contributed by atoms with E-state index in [0.717, 1.165) is 56.9 Å². The number of hydrogen-bond acceptors (Lipinski definition) is 6. The SMILES string of the molecule is Oc1ccc([C@@]23CCCC[C@H]2C2(CCCCC2)c2ccc(O)c(O)c2O3)c(O)c1O. The van der Waals surface area contributed by atoms with Gasteiger partial charge >= 0.3 is 0 Å². The fourth-order valence-corrected chi connectivity index (χ4v) is 6.50. The van der Waals surface area contributed by atoms with Gasteiger partial charge in [-0.25, -0.2) is 0 Å². The average molecular weight is 412 g/mol. The van der Waals surface area contributed by atoms with E-state index in [-0.39, 0.29) is 40.1 Å². The minimum atomic E-state index is -0.955. The molecule has 0 unspecified atom stereocenters. The smallest absolute Gasteiger partial charge is 0.200 e. The maximum Gasteiger partial charge on any atom is 0.200 e. The predicted molar refractivity (Wildman–Crippen MR) is 110 cm³/mol. The topological polar surface area (TPSA) is 110 Å². The first-order valence-corrected chi connectivity index (χ1v) is 10.9. The van der Waals surface area contributed by atoms with Crippen LogP contribution in [0.25, 0.3) is 0 Å². The highest BCUT2D eigenvalue weighted by Gasteiger charge is 2.60. The third-order valence-electron chi connectivity index (χ3n) is 7.78. The van der Waals surface area contributed by atoms with Gasteiger partial charge in [0.1, 0.15) is 5.60 Å². The quantitative estimate of drug-likeness (QED) is 0.426. The van der Waals surface area contributed by atoms with Crippen molar-refractivity contribution in [3.8, 4) is 34.5 Å². The van der Waals surface area contributed by atoms with E-state index >= 15 is 0 Å². The molecule has 160 valence electrons. The van der Waals surface area contributed by atoms with E-state index in [1.165, 1.54) is 12.1 Å². The molecule has 30 heavy (non-hydrogen) atoms. The molecule has 0 aromatic heterocycles. The first-order valence-electron chi connectivity index (χ1n) is 10.9. The molecule has 2 aromatic carbocycles. The zero-order valence-electron chi connectivity index (χ0n) is 16.9. The molecule has 2 atom stereocenters. The second-order valence-electron chi connectivity index (χ2n) is 9.15. The number of ether oxygens (including phenoxy) is 1. The van der Waals surface area contributed by atoms with Gasteiger partial charge in [-0.15, -0.1) is 0 Å². The van der Waals surface area contributed by atoms with E-state index in [0.29, 0.717) is 12.0 Å². The normalized spacial score (nSPS) is 27.1. The molecular formula is C24H28O6. The average Bonchev–Trinajstić information content (AvgIpc) is 2.76. The summed E-state index contributed by atoms with van der Waals surface area (Å²) in [4.78, 5) is 0. The number of fused-ring (bicyclic) bond motifs is 4. The van der Waals surface area contributed by atoms with Crippen LogP contribution in [0.1, 0.15) is 68.9 Å². The summed E-state index contributed by atoms with van der Waals surface area (Å²) in [5, 5.41) is 51.9. The van der Waals surface area contributed by atoms with E-state index in [1.54, 1.807) is 6.07 Å². The Hall–Kier alpha value is -2.76. The molecule has 2 aromatic rings. The Bertz CT molecular complexity index is 994. The summed E-state index contributed by atoms with van der Waals surface area (Å²) < 4.78 is 6.56. The van der Waals surface area contributed by atoms with Gasteiger partial charge in [0.2, 0.25) is 11.5 Å². The van der Waals surface area contributed by atoms with E-state index in [2.05, 4.69) is 0 Å². The Balaban J connectivity index is 1.80. The number of aromatic hydroxyl groups is 5. The molecule has 2 saturated carbocycles. The van der Waals surface area contributed by atoms with Crippen molar-refractivity contribution in [1.82, 2.24) is 0 Å². The molecular weight excluding hydrogens is 384 g/mol. The molecule has 5 rings (SSSR count). The lowest BCUT2D eigenvalue weighted by molar-refractivity contribution is -0.0975. The molecule has 1 spiro atoms. The number of benzene rings is 2. The van der Waals surface area contributed by atoms with Gasteiger partial charge in [-0.2, -0.15) is 0 Å². The van der Waals surface area contributed by atoms with Crippen LogP contribution in [0.3, 0.4) is 0 Å². The highest BCUT2D eigenvalue weighted by atomic mass is 16.5. The van der Waals surface area contributed by atoms with Crippen LogP contribution in [-0.2, 0) is 11.0 Å². The fraction of sp³-hybridized carbons (Fsp3) is 0.500. The highest BCUT2D eigenvalue weighted by Crippen LogP contribution is 2.66. The Morgan fingerprint density at radius 3 is 2.03 bits per heavy atom. The van der Waals surface area contributed by atoms with Crippen LogP contribution in [0, 0.1) is 5.92 Å². The second-order valence-corrected chi connectivity index (χ2v) is 9.15. The zero-order valence-corrected chi connectivity index (χ0v) is 16.9. The van der Waals surface area contributed by atoms with Crippen molar-refractivity contribution in [3.63, 3.8) is 0 Å². The molecule has 3 aliphatic rings. The van der Waals surface area contributed by atoms with Crippen LogP contribution in [-0.4, -0.2) is 25.5 Å². The first-order chi connectivity index (χ1) is 14.4. The summed E-state index contributed by atoms with van der Waals surface area (Å²) in [6.07, 6.45) is 8.64. The van der Waals surface area contributed by atoms with Crippen LogP contribution in [0.5, 0.6) is 34.5 Å². The van der Waals surface area contributed by atoms with E-state index < -0.39 is 11.4 Å². The molecule has 1 heterocycles. The standard InChI is InChI=1S/C24H28O6/c25-16-9-7-14(19(27)20(16)28)24-13-5-2-6-18(24)23(11-3-1-4-12-23)15-8-10-17(26)21(29)22(15)30-24/h7-10,18,25-29H,1-6,11-13H2/t18-,24-/m0/s1. The molecule has 0 saturated heterocycles. The zero-order chi connectivity index (χ0) is 21.1. The number of phenols is 5. The van der Waals surface area contributed by atoms with Gasteiger partial charge in [-0.1, -0.05) is 31.7 Å². The van der Waals surface area contributed by atoms with Gasteiger partial charge in [-0.3, -0.25) is 0 Å². The maximum atomic E-state index is 10.8. The van der Waals surface area contributed by atoms with Crippen LogP contribution < -0.4 is 4.74 Å². The minimum absolute atomic E-state index is 0.0466. The molecule has 6 heteroatoms. The lowest BCUT2D eigenvalue weighted by atomic mass is 9.51. The van der Waals surface area contributed by atoms with Crippen molar-refractivity contribution in [1.29, 1.82) is 0 Å². The van der Waals surface area contributed by atoms with Crippen molar-refractivity contribution in [2.45, 2.75) is 68.8 Å². The Morgan fingerprint density at radius 1 is 0.667 bits per heavy atom. The van der Waals surface area contributed by atoms with Crippen LogP contribution in [0.4, 0.5) is 0 Å². The van der Waals surface area contributed by atoms with Crippen LogP contribution >= 0.6 is 0 Å². The van der Waals surface area contributed by atoms with Gasteiger partial charge in [0.05, 0.1) is 0 Å². The van der Waals surface area contributed by atoms with Gasteiger partial charge < -0.3 is 30.3 Å². The van der Waals surface area contributed by atoms with Gasteiger partial charge in [-0.05, 0) is 50.3 Å².